The van der Waals surface area contributed by atoms with Crippen LogP contribution in [0.1, 0.15) is 22.8 Å². The molecule has 0 radical (unpaired) electrons. The molecular formula is C26H22ClN3O4S. The summed E-state index contributed by atoms with van der Waals surface area (Å²) in [4.78, 5) is 42.8. The van der Waals surface area contributed by atoms with E-state index in [1.54, 1.807) is 49.4 Å². The summed E-state index contributed by atoms with van der Waals surface area (Å²) in [6.07, 6.45) is 0. The standard InChI is InChI=1S/C26H22ClN3O4S/c1-2-34-23(31)16-35-26-29-22-13-18(24(32)28-20-10-6-9-19(27)14-20)11-12-21(22)25(33)30(26)15-17-7-4-3-5-8-17/h3-14H,2,15-16H2,1H3,(H,28,32). The molecular weight excluding hydrogens is 486 g/mol. The van der Waals surface area contributed by atoms with Crippen LogP contribution >= 0.6 is 23.4 Å². The van der Waals surface area contributed by atoms with E-state index < -0.39 is 5.97 Å². The number of nitrogens with one attached hydrogen (secondary N) is 1. The van der Waals surface area contributed by atoms with Gasteiger partial charge in [0.1, 0.15) is 0 Å². The Hall–Kier alpha value is -3.62. The van der Waals surface area contributed by atoms with E-state index in [2.05, 4.69) is 10.3 Å². The molecule has 0 aliphatic heterocycles. The van der Waals surface area contributed by atoms with E-state index in [-0.39, 0.29) is 23.8 Å². The van der Waals surface area contributed by atoms with Gasteiger partial charge in [-0.05, 0) is 48.9 Å². The SMILES string of the molecule is CCOC(=O)CSc1nc2cc(C(=O)Nc3cccc(Cl)c3)ccc2c(=O)n1Cc1ccccc1. The average molecular weight is 508 g/mol. The minimum atomic E-state index is -0.396. The fraction of sp³-hybridized carbons (Fsp3) is 0.154. The fourth-order valence-electron chi connectivity index (χ4n) is 3.45. The fourth-order valence-corrected chi connectivity index (χ4v) is 4.44. The molecule has 0 atom stereocenters. The number of benzene rings is 3. The molecule has 0 spiro atoms. The van der Waals surface area contributed by atoms with E-state index in [4.69, 9.17) is 16.3 Å². The number of fused-ring (bicyclic) bond motifs is 1. The number of rotatable bonds is 8. The number of hydrogen-bond donors (Lipinski definition) is 1. The number of anilines is 1. The molecule has 4 rings (SSSR count). The minimum Gasteiger partial charge on any atom is -0.465 e. The van der Waals surface area contributed by atoms with Crippen molar-refractivity contribution in [2.24, 2.45) is 0 Å². The molecule has 1 heterocycles. The largest absolute Gasteiger partial charge is 0.465 e. The van der Waals surface area contributed by atoms with E-state index in [1.807, 2.05) is 30.3 Å². The van der Waals surface area contributed by atoms with Crippen LogP contribution in [0.15, 0.2) is 82.7 Å². The number of ether oxygens (including phenoxy) is 1. The van der Waals surface area contributed by atoms with Crippen molar-refractivity contribution in [3.05, 3.63) is 99.3 Å². The van der Waals surface area contributed by atoms with Crippen LogP contribution in [0.4, 0.5) is 5.69 Å². The molecule has 1 aromatic heterocycles. The second-order valence-corrected chi connectivity index (χ2v) is 8.94. The number of carbonyl (C=O) groups excluding carboxylic acids is 2. The van der Waals surface area contributed by atoms with E-state index in [1.165, 1.54) is 4.57 Å². The Labute approximate surface area is 211 Å². The highest BCUT2D eigenvalue weighted by atomic mass is 35.5. The van der Waals surface area contributed by atoms with E-state index >= 15 is 0 Å². The Morgan fingerprint density at radius 3 is 2.60 bits per heavy atom. The molecule has 0 fully saturated rings. The average Bonchev–Trinajstić information content (AvgIpc) is 2.85. The van der Waals surface area contributed by atoms with Crippen LogP contribution in [0.3, 0.4) is 0 Å². The molecule has 1 N–H and O–H groups in total. The molecule has 0 bridgehead atoms. The first-order valence-electron chi connectivity index (χ1n) is 10.9. The first-order chi connectivity index (χ1) is 16.9. The van der Waals surface area contributed by atoms with Gasteiger partial charge in [0.05, 0.1) is 29.8 Å². The molecule has 0 saturated heterocycles. The summed E-state index contributed by atoms with van der Waals surface area (Å²) < 4.78 is 6.55. The maximum absolute atomic E-state index is 13.4. The molecule has 0 saturated carbocycles. The molecule has 0 aliphatic carbocycles. The molecule has 1 amide bonds. The first kappa shape index (κ1) is 24.5. The summed E-state index contributed by atoms with van der Waals surface area (Å²) in [7, 11) is 0. The smallest absolute Gasteiger partial charge is 0.316 e. The predicted octanol–water partition coefficient (Wildman–Crippen LogP) is 5.01. The highest BCUT2D eigenvalue weighted by Crippen LogP contribution is 2.21. The van der Waals surface area contributed by atoms with Crippen molar-refractivity contribution in [3.8, 4) is 0 Å². The summed E-state index contributed by atoms with van der Waals surface area (Å²) in [6.45, 7) is 2.30. The van der Waals surface area contributed by atoms with Crippen molar-refractivity contribution in [2.45, 2.75) is 18.6 Å². The number of halogens is 1. The number of aromatic nitrogens is 2. The zero-order valence-electron chi connectivity index (χ0n) is 18.9. The summed E-state index contributed by atoms with van der Waals surface area (Å²) in [5, 5.41) is 4.04. The summed E-state index contributed by atoms with van der Waals surface area (Å²) >= 11 is 7.12. The zero-order chi connectivity index (χ0) is 24.8. The van der Waals surface area contributed by atoms with Crippen LogP contribution in [0.5, 0.6) is 0 Å². The van der Waals surface area contributed by atoms with Gasteiger partial charge in [-0.15, -0.1) is 0 Å². The van der Waals surface area contributed by atoms with Gasteiger partial charge in [0.25, 0.3) is 11.5 Å². The maximum Gasteiger partial charge on any atom is 0.316 e. The minimum absolute atomic E-state index is 0.00944. The van der Waals surface area contributed by atoms with Crippen molar-refractivity contribution in [1.82, 2.24) is 9.55 Å². The van der Waals surface area contributed by atoms with Crippen molar-refractivity contribution in [3.63, 3.8) is 0 Å². The Bertz CT molecular complexity index is 1440. The number of esters is 1. The predicted molar refractivity (Wildman–Crippen MR) is 138 cm³/mol. The lowest BCUT2D eigenvalue weighted by molar-refractivity contribution is -0.139. The van der Waals surface area contributed by atoms with Gasteiger partial charge >= 0.3 is 5.97 Å². The number of amides is 1. The maximum atomic E-state index is 13.4. The number of carbonyl (C=O) groups is 2. The van der Waals surface area contributed by atoms with Crippen LogP contribution in [-0.4, -0.2) is 33.8 Å². The van der Waals surface area contributed by atoms with Gasteiger partial charge in [-0.3, -0.25) is 19.0 Å². The topological polar surface area (TPSA) is 90.3 Å². The Morgan fingerprint density at radius 2 is 1.86 bits per heavy atom. The number of thioether (sulfide) groups is 1. The van der Waals surface area contributed by atoms with E-state index in [9.17, 15) is 14.4 Å². The third-order valence-electron chi connectivity index (χ3n) is 5.07. The van der Waals surface area contributed by atoms with Crippen molar-refractivity contribution in [2.75, 3.05) is 17.7 Å². The van der Waals surface area contributed by atoms with Gasteiger partial charge in [0, 0.05) is 16.3 Å². The summed E-state index contributed by atoms with van der Waals surface area (Å²) in [5.74, 6) is -0.742. The van der Waals surface area contributed by atoms with Gasteiger partial charge in [-0.1, -0.05) is 59.8 Å². The van der Waals surface area contributed by atoms with Crippen molar-refractivity contribution < 1.29 is 14.3 Å². The van der Waals surface area contributed by atoms with E-state index in [0.29, 0.717) is 38.9 Å². The highest BCUT2D eigenvalue weighted by Gasteiger charge is 2.16. The molecule has 7 nitrogen and oxygen atoms in total. The van der Waals surface area contributed by atoms with Crippen molar-refractivity contribution >= 4 is 51.8 Å². The van der Waals surface area contributed by atoms with Crippen LogP contribution < -0.4 is 10.9 Å². The Morgan fingerprint density at radius 1 is 1.06 bits per heavy atom. The molecule has 35 heavy (non-hydrogen) atoms. The van der Waals surface area contributed by atoms with Gasteiger partial charge in [-0.25, -0.2) is 4.98 Å². The quantitative estimate of drug-likeness (QED) is 0.205. The molecule has 0 unspecified atom stereocenters. The summed E-state index contributed by atoms with van der Waals surface area (Å²) in [6, 6.07) is 21.1. The summed E-state index contributed by atoms with van der Waals surface area (Å²) in [5.41, 5.74) is 1.92. The first-order valence-corrected chi connectivity index (χ1v) is 12.2. The van der Waals surface area contributed by atoms with Gasteiger partial charge in [0.15, 0.2) is 5.16 Å². The second kappa shape index (κ2) is 11.2. The van der Waals surface area contributed by atoms with Gasteiger partial charge in [-0.2, -0.15) is 0 Å². The lowest BCUT2D eigenvalue weighted by atomic mass is 10.1. The van der Waals surface area contributed by atoms with Gasteiger partial charge < -0.3 is 10.1 Å². The Balaban J connectivity index is 1.71. The zero-order valence-corrected chi connectivity index (χ0v) is 20.4. The normalized spacial score (nSPS) is 10.8. The lowest BCUT2D eigenvalue weighted by Crippen LogP contribution is -2.25. The number of nitrogens with zero attached hydrogens (tertiary/aromatic N) is 2. The van der Waals surface area contributed by atoms with Crippen LogP contribution in [0.25, 0.3) is 10.9 Å². The molecule has 9 heteroatoms. The second-order valence-electron chi connectivity index (χ2n) is 7.56. The molecule has 3 aromatic carbocycles. The van der Waals surface area contributed by atoms with E-state index in [0.717, 1.165) is 17.3 Å². The van der Waals surface area contributed by atoms with Crippen LogP contribution in [-0.2, 0) is 16.1 Å². The monoisotopic (exact) mass is 507 g/mol. The van der Waals surface area contributed by atoms with Crippen molar-refractivity contribution in [1.29, 1.82) is 0 Å². The Kier molecular flexibility index (Phi) is 7.84. The highest BCUT2D eigenvalue weighted by molar-refractivity contribution is 7.99. The van der Waals surface area contributed by atoms with Crippen LogP contribution in [0.2, 0.25) is 5.02 Å². The van der Waals surface area contributed by atoms with Gasteiger partial charge in [0.2, 0.25) is 0 Å². The third kappa shape index (κ3) is 6.09. The molecule has 0 aliphatic rings. The molecule has 178 valence electrons. The molecule has 4 aromatic rings. The third-order valence-corrected chi connectivity index (χ3v) is 6.26. The lowest BCUT2D eigenvalue weighted by Gasteiger charge is -2.14. The number of hydrogen-bond acceptors (Lipinski definition) is 6. The van der Waals surface area contributed by atoms with Crippen LogP contribution in [0, 0.1) is 0 Å².